The molecule has 2 aromatic rings. The van der Waals surface area contributed by atoms with E-state index in [1.807, 2.05) is 28.0 Å². The third kappa shape index (κ3) is 6.57. The van der Waals surface area contributed by atoms with E-state index in [1.165, 1.54) is 11.8 Å². The largest absolute Gasteiger partial charge is 0.341 e. The summed E-state index contributed by atoms with van der Waals surface area (Å²) in [5, 5.41) is 0. The molecule has 3 heterocycles. The van der Waals surface area contributed by atoms with Gasteiger partial charge in [-0.15, -0.1) is 0 Å². The van der Waals surface area contributed by atoms with Crippen LogP contribution in [0, 0.1) is 17.3 Å². The Hall–Kier alpha value is -2.85. The normalized spacial score (nSPS) is 26.0. The summed E-state index contributed by atoms with van der Waals surface area (Å²) in [7, 11) is -3.26. The van der Waals surface area contributed by atoms with Crippen molar-refractivity contribution in [3.05, 3.63) is 65.7 Å². The standard InChI is InChI=1S/C34H43F2N3O4S/c1-44(42,43)29-9-7-25(8-10-29)21-38-20-17-33(32(38)41)15-18-37(19-16-33)22-28-23-39(24-30(28)26-5-3-2-4-6-26)31(40)27-11-13-34(35,36)14-12-27/h2-10,27-28,30H,11-24H2,1H3. The third-order valence-electron chi connectivity index (χ3n) is 10.7. The minimum absolute atomic E-state index is 0.0316. The number of hydrogen-bond donors (Lipinski definition) is 0. The SMILES string of the molecule is CS(=O)(=O)c1ccc(CN2CCC3(CCN(CC4CN(C(=O)C5CCC(F)(F)CC5)CC4c4ccccc4)CC3)C2=O)cc1. The Labute approximate surface area is 259 Å². The fourth-order valence-electron chi connectivity index (χ4n) is 7.92. The number of piperidine rings is 1. The number of sulfone groups is 1. The number of alkyl halides is 2. The van der Waals surface area contributed by atoms with Crippen molar-refractivity contribution in [2.75, 3.05) is 45.5 Å². The Bertz CT molecular complexity index is 1450. The van der Waals surface area contributed by atoms with Crippen LogP contribution in [0.2, 0.25) is 0 Å². The molecule has 4 aliphatic rings. The molecule has 0 bridgehead atoms. The number of carbonyl (C=O) groups excluding carboxylic acids is 2. The van der Waals surface area contributed by atoms with Crippen LogP contribution in [-0.4, -0.2) is 86.4 Å². The van der Waals surface area contributed by atoms with Gasteiger partial charge >= 0.3 is 0 Å². The van der Waals surface area contributed by atoms with Crippen LogP contribution >= 0.6 is 0 Å². The summed E-state index contributed by atoms with van der Waals surface area (Å²) in [6.45, 7) is 4.94. The summed E-state index contributed by atoms with van der Waals surface area (Å²) in [5.74, 6) is -2.30. The van der Waals surface area contributed by atoms with Gasteiger partial charge in [0.05, 0.1) is 10.3 Å². The second kappa shape index (κ2) is 12.2. The molecule has 0 N–H and O–H groups in total. The van der Waals surface area contributed by atoms with Gasteiger partial charge in [0.2, 0.25) is 17.7 Å². The van der Waals surface area contributed by atoms with Crippen molar-refractivity contribution in [3.63, 3.8) is 0 Å². The molecule has 6 rings (SSSR count). The number of carbonyl (C=O) groups is 2. The van der Waals surface area contributed by atoms with E-state index in [1.54, 1.807) is 24.3 Å². The highest BCUT2D eigenvalue weighted by molar-refractivity contribution is 7.90. The lowest BCUT2D eigenvalue weighted by Gasteiger charge is -2.39. The molecule has 3 aliphatic heterocycles. The molecule has 2 unspecified atom stereocenters. The molecule has 1 aliphatic carbocycles. The van der Waals surface area contributed by atoms with Gasteiger partial charge in [-0.05, 0) is 74.4 Å². The lowest BCUT2D eigenvalue weighted by Crippen LogP contribution is -2.46. The van der Waals surface area contributed by atoms with E-state index in [4.69, 9.17) is 0 Å². The Morgan fingerprint density at radius 1 is 0.886 bits per heavy atom. The van der Waals surface area contributed by atoms with Crippen molar-refractivity contribution < 1.29 is 26.8 Å². The highest BCUT2D eigenvalue weighted by Crippen LogP contribution is 2.44. The molecular weight excluding hydrogens is 584 g/mol. The van der Waals surface area contributed by atoms with Gasteiger partial charge in [-0.1, -0.05) is 42.5 Å². The van der Waals surface area contributed by atoms with Crippen molar-refractivity contribution in [2.24, 2.45) is 17.3 Å². The molecule has 1 saturated carbocycles. The predicted molar refractivity (Wildman–Crippen MR) is 164 cm³/mol. The summed E-state index contributed by atoms with van der Waals surface area (Å²) in [6, 6.07) is 17.1. The Morgan fingerprint density at radius 2 is 1.52 bits per heavy atom. The molecule has 44 heavy (non-hydrogen) atoms. The van der Waals surface area contributed by atoms with Crippen molar-refractivity contribution >= 4 is 21.7 Å². The van der Waals surface area contributed by atoms with E-state index in [9.17, 15) is 26.8 Å². The first-order chi connectivity index (χ1) is 20.9. The van der Waals surface area contributed by atoms with Gasteiger partial charge in [0.25, 0.3) is 0 Å². The van der Waals surface area contributed by atoms with Crippen molar-refractivity contribution in [1.29, 1.82) is 0 Å². The highest BCUT2D eigenvalue weighted by atomic mass is 32.2. The summed E-state index contributed by atoms with van der Waals surface area (Å²) in [4.78, 5) is 33.7. The zero-order valence-electron chi connectivity index (χ0n) is 25.5. The summed E-state index contributed by atoms with van der Waals surface area (Å²) >= 11 is 0. The van der Waals surface area contributed by atoms with E-state index in [2.05, 4.69) is 17.0 Å². The first kappa shape index (κ1) is 31.1. The lowest BCUT2D eigenvalue weighted by molar-refractivity contribution is -0.140. The van der Waals surface area contributed by atoms with Crippen molar-refractivity contribution in [1.82, 2.24) is 14.7 Å². The average molecular weight is 628 g/mol. The maximum atomic E-state index is 13.8. The number of likely N-dealkylation sites (tertiary alicyclic amines) is 3. The summed E-state index contributed by atoms with van der Waals surface area (Å²) in [5.41, 5.74) is 1.79. The first-order valence-electron chi connectivity index (χ1n) is 15.9. The predicted octanol–water partition coefficient (Wildman–Crippen LogP) is 4.97. The van der Waals surface area contributed by atoms with Crippen LogP contribution in [0.4, 0.5) is 8.78 Å². The van der Waals surface area contributed by atoms with E-state index < -0.39 is 15.8 Å². The van der Waals surface area contributed by atoms with Crippen molar-refractivity contribution in [2.45, 2.75) is 68.2 Å². The minimum atomic E-state index is -3.26. The van der Waals surface area contributed by atoms with Crippen LogP contribution in [0.25, 0.3) is 0 Å². The molecule has 1 spiro atoms. The van der Waals surface area contributed by atoms with Crippen LogP contribution in [0.5, 0.6) is 0 Å². The zero-order chi connectivity index (χ0) is 31.1. The number of benzene rings is 2. The van der Waals surface area contributed by atoms with E-state index >= 15 is 0 Å². The monoisotopic (exact) mass is 627 g/mol. The second-order valence-electron chi connectivity index (χ2n) is 13.6. The van der Waals surface area contributed by atoms with Crippen LogP contribution in [-0.2, 0) is 26.0 Å². The molecular formula is C34H43F2N3O4S. The second-order valence-corrected chi connectivity index (χ2v) is 15.6. The smallest absolute Gasteiger partial charge is 0.248 e. The Kier molecular flexibility index (Phi) is 8.60. The molecule has 0 radical (unpaired) electrons. The maximum absolute atomic E-state index is 13.8. The number of halogens is 2. The van der Waals surface area contributed by atoms with E-state index in [-0.39, 0.29) is 65.6 Å². The average Bonchev–Trinajstić information content (AvgIpc) is 3.55. The number of nitrogens with zero attached hydrogens (tertiary/aromatic N) is 3. The lowest BCUT2D eigenvalue weighted by atomic mass is 9.76. The molecule has 0 aromatic heterocycles. The molecule has 2 aromatic carbocycles. The number of hydrogen-bond acceptors (Lipinski definition) is 5. The van der Waals surface area contributed by atoms with Gasteiger partial charge in [-0.3, -0.25) is 9.59 Å². The van der Waals surface area contributed by atoms with Gasteiger partial charge in [-0.2, -0.15) is 0 Å². The molecule has 2 atom stereocenters. The molecule has 7 nitrogen and oxygen atoms in total. The summed E-state index contributed by atoms with van der Waals surface area (Å²) in [6.07, 6.45) is 3.74. The topological polar surface area (TPSA) is 78.0 Å². The van der Waals surface area contributed by atoms with Crippen molar-refractivity contribution in [3.8, 4) is 0 Å². The van der Waals surface area contributed by atoms with Crippen LogP contribution in [0.15, 0.2) is 59.5 Å². The van der Waals surface area contributed by atoms with Gasteiger partial charge in [0.15, 0.2) is 9.84 Å². The van der Waals surface area contributed by atoms with Gasteiger partial charge in [-0.25, -0.2) is 17.2 Å². The molecule has 2 amide bonds. The number of rotatable bonds is 7. The fourth-order valence-corrected chi connectivity index (χ4v) is 8.56. The molecule has 10 heteroatoms. The third-order valence-corrected chi connectivity index (χ3v) is 11.8. The molecule has 238 valence electrons. The first-order valence-corrected chi connectivity index (χ1v) is 17.8. The zero-order valence-corrected chi connectivity index (χ0v) is 26.3. The highest BCUT2D eigenvalue weighted by Gasteiger charge is 2.49. The fraction of sp³-hybridized carbons (Fsp3) is 0.588. The minimum Gasteiger partial charge on any atom is -0.341 e. The van der Waals surface area contributed by atoms with Gasteiger partial charge in [0.1, 0.15) is 0 Å². The van der Waals surface area contributed by atoms with Crippen LogP contribution < -0.4 is 0 Å². The van der Waals surface area contributed by atoms with Crippen LogP contribution in [0.1, 0.15) is 62.0 Å². The maximum Gasteiger partial charge on any atom is 0.248 e. The van der Waals surface area contributed by atoms with Gasteiger partial charge in [0, 0.05) is 63.7 Å². The quantitative estimate of drug-likeness (QED) is 0.433. The summed E-state index contributed by atoms with van der Waals surface area (Å²) < 4.78 is 51.1. The van der Waals surface area contributed by atoms with Crippen LogP contribution in [0.3, 0.4) is 0 Å². The van der Waals surface area contributed by atoms with E-state index in [0.29, 0.717) is 26.2 Å². The van der Waals surface area contributed by atoms with E-state index in [0.717, 1.165) is 44.5 Å². The Balaban J connectivity index is 1.06. The van der Waals surface area contributed by atoms with Gasteiger partial charge < -0.3 is 14.7 Å². The Morgan fingerprint density at radius 3 is 2.16 bits per heavy atom. The molecule has 4 fully saturated rings. The molecule has 3 saturated heterocycles. The number of amides is 2.